The van der Waals surface area contributed by atoms with Crippen molar-refractivity contribution < 1.29 is 14.5 Å². The van der Waals surface area contributed by atoms with Gasteiger partial charge in [0.2, 0.25) is 5.75 Å². The molecule has 2 aromatic rings. The van der Waals surface area contributed by atoms with Crippen molar-refractivity contribution in [1.82, 2.24) is 0 Å². The van der Waals surface area contributed by atoms with Crippen LogP contribution >= 0.6 is 0 Å². The number of rotatable bonds is 3. The maximum atomic E-state index is 11.9. The van der Waals surface area contributed by atoms with Crippen LogP contribution in [0.15, 0.2) is 48.5 Å². The third-order valence-corrected chi connectivity index (χ3v) is 2.55. The molecule has 0 saturated carbocycles. The molecule has 20 heavy (non-hydrogen) atoms. The molecule has 2 rings (SSSR count). The molecule has 0 heterocycles. The minimum Gasteiger partial charge on any atom is -0.416 e. The molecule has 0 aliphatic heterocycles. The largest absolute Gasteiger partial charge is 0.416 e. The van der Waals surface area contributed by atoms with Gasteiger partial charge in [-0.15, -0.1) is 6.42 Å². The zero-order valence-electron chi connectivity index (χ0n) is 10.3. The number of para-hydroxylation sites is 2. The summed E-state index contributed by atoms with van der Waals surface area (Å²) in [6, 6.07) is 11.9. The molecular formula is C15H9NO4. The highest BCUT2D eigenvalue weighted by molar-refractivity contribution is 5.91. The van der Waals surface area contributed by atoms with E-state index in [4.69, 9.17) is 11.2 Å². The van der Waals surface area contributed by atoms with E-state index < -0.39 is 10.9 Å². The zero-order valence-corrected chi connectivity index (χ0v) is 10.3. The van der Waals surface area contributed by atoms with Gasteiger partial charge in [-0.05, 0) is 30.3 Å². The summed E-state index contributed by atoms with van der Waals surface area (Å²) in [4.78, 5) is 22.1. The Bertz CT molecular complexity index is 699. The molecule has 5 heteroatoms. The first kappa shape index (κ1) is 13.3. The molecule has 0 unspecified atom stereocenters. The van der Waals surface area contributed by atoms with E-state index in [-0.39, 0.29) is 17.0 Å². The van der Waals surface area contributed by atoms with Gasteiger partial charge in [0, 0.05) is 11.6 Å². The molecule has 5 nitrogen and oxygen atoms in total. The summed E-state index contributed by atoms with van der Waals surface area (Å²) >= 11 is 0. The van der Waals surface area contributed by atoms with Crippen LogP contribution in [-0.4, -0.2) is 10.9 Å². The third kappa shape index (κ3) is 2.82. The maximum absolute atomic E-state index is 11.9. The van der Waals surface area contributed by atoms with E-state index in [0.717, 1.165) is 0 Å². The van der Waals surface area contributed by atoms with Crippen LogP contribution in [0.4, 0.5) is 5.69 Å². The fraction of sp³-hybridized carbons (Fsp3) is 0. The van der Waals surface area contributed by atoms with Crippen LogP contribution in [-0.2, 0) is 0 Å². The number of carbonyl (C=O) groups excluding carboxylic acids is 1. The van der Waals surface area contributed by atoms with Crippen LogP contribution in [0.25, 0.3) is 0 Å². The van der Waals surface area contributed by atoms with E-state index in [1.807, 2.05) is 0 Å². The van der Waals surface area contributed by atoms with Crippen molar-refractivity contribution in [2.24, 2.45) is 0 Å². The fourth-order valence-electron chi connectivity index (χ4n) is 1.56. The van der Waals surface area contributed by atoms with Crippen molar-refractivity contribution in [3.05, 3.63) is 69.8 Å². The van der Waals surface area contributed by atoms with Crippen molar-refractivity contribution in [2.75, 3.05) is 0 Å². The summed E-state index contributed by atoms with van der Waals surface area (Å²) in [5, 5.41) is 10.8. The van der Waals surface area contributed by atoms with E-state index in [9.17, 15) is 14.9 Å². The molecule has 2 aromatic carbocycles. The van der Waals surface area contributed by atoms with Crippen LogP contribution in [0.2, 0.25) is 0 Å². The number of terminal acetylenes is 1. The van der Waals surface area contributed by atoms with Gasteiger partial charge in [0.05, 0.1) is 10.5 Å². The second-order valence-electron chi connectivity index (χ2n) is 3.84. The second-order valence-corrected chi connectivity index (χ2v) is 3.84. The van der Waals surface area contributed by atoms with Gasteiger partial charge in [0.15, 0.2) is 0 Å². The predicted molar refractivity (Wildman–Crippen MR) is 72.4 cm³/mol. The Balaban J connectivity index is 2.23. The number of hydrogen-bond acceptors (Lipinski definition) is 4. The number of ether oxygens (including phenoxy) is 1. The third-order valence-electron chi connectivity index (χ3n) is 2.55. The van der Waals surface area contributed by atoms with Gasteiger partial charge in [-0.1, -0.05) is 18.1 Å². The SMILES string of the molecule is C#Cc1ccc(C(=O)Oc2ccccc2[N+](=O)[O-])cc1. The number of carbonyl (C=O) groups is 1. The predicted octanol–water partition coefficient (Wildman–Crippen LogP) is 2.80. The molecule has 0 radical (unpaired) electrons. The normalized spacial score (nSPS) is 9.55. The summed E-state index contributed by atoms with van der Waals surface area (Å²) in [6.07, 6.45) is 5.21. The number of hydrogen-bond donors (Lipinski definition) is 0. The van der Waals surface area contributed by atoms with Crippen molar-refractivity contribution in [2.45, 2.75) is 0 Å². The lowest BCUT2D eigenvalue weighted by molar-refractivity contribution is -0.385. The number of nitro benzene ring substituents is 1. The minimum atomic E-state index is -0.678. The Morgan fingerprint density at radius 2 is 1.80 bits per heavy atom. The van der Waals surface area contributed by atoms with Crippen LogP contribution in [0.1, 0.15) is 15.9 Å². The summed E-state index contributed by atoms with van der Waals surface area (Å²) in [5.74, 6) is 1.65. The number of nitrogens with zero attached hydrogens (tertiary/aromatic N) is 1. The van der Waals surface area contributed by atoms with Crippen molar-refractivity contribution in [3.8, 4) is 18.1 Å². The molecular weight excluding hydrogens is 258 g/mol. The van der Waals surface area contributed by atoms with Gasteiger partial charge < -0.3 is 4.74 Å². The molecule has 0 aliphatic rings. The van der Waals surface area contributed by atoms with Gasteiger partial charge in [-0.2, -0.15) is 0 Å². The molecule has 0 fully saturated rings. The van der Waals surface area contributed by atoms with Crippen LogP contribution in [0.3, 0.4) is 0 Å². The molecule has 0 amide bonds. The van der Waals surface area contributed by atoms with Gasteiger partial charge in [0.1, 0.15) is 0 Å². The summed E-state index contributed by atoms with van der Waals surface area (Å²) in [5.41, 5.74) is 0.635. The van der Waals surface area contributed by atoms with Crippen LogP contribution < -0.4 is 4.74 Å². The van der Waals surface area contributed by atoms with E-state index in [0.29, 0.717) is 5.56 Å². The monoisotopic (exact) mass is 267 g/mol. The molecule has 0 spiro atoms. The van der Waals surface area contributed by atoms with Gasteiger partial charge >= 0.3 is 11.7 Å². The lowest BCUT2D eigenvalue weighted by atomic mass is 10.1. The molecule has 0 atom stereocenters. The summed E-state index contributed by atoms with van der Waals surface area (Å²) in [6.45, 7) is 0. The average Bonchev–Trinajstić information content (AvgIpc) is 2.47. The topological polar surface area (TPSA) is 69.4 Å². The zero-order chi connectivity index (χ0) is 14.5. The molecule has 98 valence electrons. The van der Waals surface area contributed by atoms with E-state index in [2.05, 4.69) is 5.92 Å². The Labute approximate surface area is 115 Å². The molecule has 0 N–H and O–H groups in total. The van der Waals surface area contributed by atoms with Gasteiger partial charge in [0.25, 0.3) is 0 Å². The minimum absolute atomic E-state index is 0.0940. The fourth-order valence-corrected chi connectivity index (χ4v) is 1.56. The van der Waals surface area contributed by atoms with Crippen molar-refractivity contribution in [3.63, 3.8) is 0 Å². The first-order chi connectivity index (χ1) is 9.61. The van der Waals surface area contributed by atoms with Crippen LogP contribution in [0.5, 0.6) is 5.75 Å². The lowest BCUT2D eigenvalue weighted by Crippen LogP contribution is -2.09. The summed E-state index contributed by atoms with van der Waals surface area (Å²) < 4.78 is 5.03. The number of esters is 1. The van der Waals surface area contributed by atoms with Crippen molar-refractivity contribution in [1.29, 1.82) is 0 Å². The number of benzene rings is 2. The highest BCUT2D eigenvalue weighted by Crippen LogP contribution is 2.26. The lowest BCUT2D eigenvalue weighted by Gasteiger charge is -2.04. The van der Waals surface area contributed by atoms with E-state index >= 15 is 0 Å². The summed E-state index contributed by atoms with van der Waals surface area (Å²) in [7, 11) is 0. The second kappa shape index (κ2) is 5.67. The molecule has 0 saturated heterocycles. The molecule has 0 aromatic heterocycles. The first-order valence-corrected chi connectivity index (χ1v) is 5.64. The first-order valence-electron chi connectivity index (χ1n) is 5.64. The van der Waals surface area contributed by atoms with Crippen molar-refractivity contribution >= 4 is 11.7 Å². The molecule has 0 aliphatic carbocycles. The highest BCUT2D eigenvalue weighted by Gasteiger charge is 2.17. The Morgan fingerprint density at radius 3 is 2.40 bits per heavy atom. The quantitative estimate of drug-likeness (QED) is 0.282. The Kier molecular flexibility index (Phi) is 3.77. The molecule has 0 bridgehead atoms. The van der Waals surface area contributed by atoms with E-state index in [1.54, 1.807) is 18.2 Å². The smallest absolute Gasteiger partial charge is 0.343 e. The maximum Gasteiger partial charge on any atom is 0.343 e. The van der Waals surface area contributed by atoms with E-state index in [1.165, 1.54) is 30.3 Å². The van der Waals surface area contributed by atoms with Gasteiger partial charge in [-0.25, -0.2) is 4.79 Å². The Morgan fingerprint density at radius 1 is 1.15 bits per heavy atom. The van der Waals surface area contributed by atoms with Gasteiger partial charge in [-0.3, -0.25) is 10.1 Å². The standard InChI is InChI=1S/C15H9NO4/c1-2-11-7-9-12(10-8-11)15(17)20-14-6-4-3-5-13(14)16(18)19/h1,3-10H. The average molecular weight is 267 g/mol. The highest BCUT2D eigenvalue weighted by atomic mass is 16.6. The number of nitro groups is 1. The Hall–Kier alpha value is -3.13. The van der Waals surface area contributed by atoms with Crippen LogP contribution in [0, 0.1) is 22.5 Å².